The molecule has 5 heteroatoms. The van der Waals surface area contributed by atoms with Gasteiger partial charge in [0.1, 0.15) is 0 Å². The molecule has 0 bridgehead atoms. The number of hydrogen-bond acceptors (Lipinski definition) is 3. The van der Waals surface area contributed by atoms with Gasteiger partial charge in [0.25, 0.3) is 0 Å². The first-order valence-corrected chi connectivity index (χ1v) is 9.48. The van der Waals surface area contributed by atoms with Gasteiger partial charge in [0.2, 0.25) is 11.8 Å². The first-order valence-electron chi connectivity index (χ1n) is 9.48. The van der Waals surface area contributed by atoms with Crippen LogP contribution >= 0.6 is 0 Å². The van der Waals surface area contributed by atoms with E-state index in [0.717, 1.165) is 51.1 Å². The Morgan fingerprint density at radius 1 is 1.08 bits per heavy atom. The van der Waals surface area contributed by atoms with Crippen molar-refractivity contribution in [3.63, 3.8) is 0 Å². The Labute approximate surface area is 150 Å². The lowest BCUT2D eigenvalue weighted by Gasteiger charge is -2.35. The molecule has 0 radical (unpaired) electrons. The van der Waals surface area contributed by atoms with E-state index in [-0.39, 0.29) is 17.7 Å². The molecule has 5 nitrogen and oxygen atoms in total. The Hall–Kier alpha value is -1.88. The fourth-order valence-corrected chi connectivity index (χ4v) is 3.83. The predicted molar refractivity (Wildman–Crippen MR) is 99.2 cm³/mol. The van der Waals surface area contributed by atoms with E-state index in [4.69, 9.17) is 0 Å². The molecule has 2 fully saturated rings. The van der Waals surface area contributed by atoms with Gasteiger partial charge in [-0.15, -0.1) is 0 Å². The summed E-state index contributed by atoms with van der Waals surface area (Å²) in [5.41, 5.74) is 0.851. The quantitative estimate of drug-likeness (QED) is 0.914. The smallest absolute Gasteiger partial charge is 0.236 e. The molecule has 2 aliphatic rings. The number of carbonyl (C=O) groups excluding carboxylic acids is 2. The molecule has 1 N–H and O–H groups in total. The van der Waals surface area contributed by atoms with Gasteiger partial charge in [-0.1, -0.05) is 25.1 Å². The van der Waals surface area contributed by atoms with E-state index in [1.54, 1.807) is 0 Å². The average molecular weight is 343 g/mol. The van der Waals surface area contributed by atoms with Crippen molar-refractivity contribution in [2.24, 2.45) is 11.8 Å². The summed E-state index contributed by atoms with van der Waals surface area (Å²) >= 11 is 0. The van der Waals surface area contributed by atoms with Gasteiger partial charge < -0.3 is 10.2 Å². The number of benzene rings is 1. The van der Waals surface area contributed by atoms with Crippen LogP contribution in [-0.4, -0.2) is 54.3 Å². The molecule has 1 aromatic carbocycles. The van der Waals surface area contributed by atoms with Gasteiger partial charge >= 0.3 is 0 Å². The Morgan fingerprint density at radius 3 is 2.48 bits per heavy atom. The maximum Gasteiger partial charge on any atom is 0.236 e. The summed E-state index contributed by atoms with van der Waals surface area (Å²) in [6, 6.07) is 9.60. The molecule has 0 aliphatic carbocycles. The highest BCUT2D eigenvalue weighted by Crippen LogP contribution is 2.20. The van der Waals surface area contributed by atoms with E-state index in [1.807, 2.05) is 35.2 Å². The molecule has 2 saturated heterocycles. The average Bonchev–Trinajstić information content (AvgIpc) is 2.63. The number of amides is 2. The monoisotopic (exact) mass is 343 g/mol. The number of anilines is 1. The van der Waals surface area contributed by atoms with E-state index < -0.39 is 0 Å². The zero-order valence-corrected chi connectivity index (χ0v) is 15.1. The Bertz CT molecular complexity index is 582. The summed E-state index contributed by atoms with van der Waals surface area (Å²) in [7, 11) is 0. The number of nitrogens with zero attached hydrogens (tertiary/aromatic N) is 2. The third kappa shape index (κ3) is 5.05. The van der Waals surface area contributed by atoms with Crippen molar-refractivity contribution in [1.82, 2.24) is 9.80 Å². The molecule has 2 aliphatic heterocycles. The van der Waals surface area contributed by atoms with E-state index >= 15 is 0 Å². The highest BCUT2D eigenvalue weighted by atomic mass is 16.2. The van der Waals surface area contributed by atoms with Crippen molar-refractivity contribution in [2.75, 3.05) is 38.0 Å². The van der Waals surface area contributed by atoms with Crippen molar-refractivity contribution < 1.29 is 9.59 Å². The minimum atomic E-state index is 0.0431. The Morgan fingerprint density at radius 2 is 1.80 bits per heavy atom. The van der Waals surface area contributed by atoms with E-state index in [1.165, 1.54) is 6.42 Å². The molecule has 3 rings (SSSR count). The highest BCUT2D eigenvalue weighted by molar-refractivity contribution is 5.92. The van der Waals surface area contributed by atoms with Crippen LogP contribution in [-0.2, 0) is 9.59 Å². The summed E-state index contributed by atoms with van der Waals surface area (Å²) in [6.45, 7) is 6.16. The fourth-order valence-electron chi connectivity index (χ4n) is 3.83. The van der Waals surface area contributed by atoms with Crippen LogP contribution in [0.3, 0.4) is 0 Å². The van der Waals surface area contributed by atoms with Gasteiger partial charge in [0, 0.05) is 24.7 Å². The standard InChI is InChI=1S/C20H29N3O2/c1-16-6-5-11-23(14-16)19(24)15-22-12-9-17(10-13-22)20(25)21-18-7-3-2-4-8-18/h2-4,7-8,16-17H,5-6,9-15H2,1H3,(H,21,25). The summed E-state index contributed by atoms with van der Waals surface area (Å²) in [6.07, 6.45) is 3.99. The highest BCUT2D eigenvalue weighted by Gasteiger charge is 2.28. The molecular weight excluding hydrogens is 314 g/mol. The van der Waals surface area contributed by atoms with Crippen molar-refractivity contribution in [3.05, 3.63) is 30.3 Å². The third-order valence-electron chi connectivity index (χ3n) is 5.37. The maximum absolute atomic E-state index is 12.5. The molecule has 0 saturated carbocycles. The number of nitrogens with one attached hydrogen (secondary N) is 1. The number of rotatable bonds is 4. The molecule has 1 aromatic rings. The van der Waals surface area contributed by atoms with Gasteiger partial charge in [-0.25, -0.2) is 0 Å². The van der Waals surface area contributed by atoms with E-state index in [0.29, 0.717) is 12.5 Å². The van der Waals surface area contributed by atoms with Gasteiger partial charge in [0.15, 0.2) is 0 Å². The predicted octanol–water partition coefficient (Wildman–Crippen LogP) is 2.60. The lowest BCUT2D eigenvalue weighted by atomic mass is 9.95. The fraction of sp³-hybridized carbons (Fsp3) is 0.600. The van der Waals surface area contributed by atoms with E-state index in [9.17, 15) is 9.59 Å². The molecule has 0 aromatic heterocycles. The maximum atomic E-state index is 12.5. The second kappa shape index (κ2) is 8.48. The number of para-hydroxylation sites is 1. The minimum absolute atomic E-state index is 0.0431. The number of likely N-dealkylation sites (tertiary alicyclic amines) is 2. The van der Waals surface area contributed by atoms with Gasteiger partial charge in [-0.3, -0.25) is 14.5 Å². The minimum Gasteiger partial charge on any atom is -0.341 e. The summed E-state index contributed by atoms with van der Waals surface area (Å²) in [5.74, 6) is 1.01. The zero-order chi connectivity index (χ0) is 17.6. The number of carbonyl (C=O) groups is 2. The van der Waals surface area contributed by atoms with Crippen LogP contribution < -0.4 is 5.32 Å². The SMILES string of the molecule is CC1CCCN(C(=O)CN2CCC(C(=O)Nc3ccccc3)CC2)C1. The number of hydrogen-bond donors (Lipinski definition) is 1. The topological polar surface area (TPSA) is 52.7 Å². The first kappa shape index (κ1) is 17.9. The third-order valence-corrected chi connectivity index (χ3v) is 5.37. The molecule has 0 spiro atoms. The van der Waals surface area contributed by atoms with Crippen LogP contribution in [0.2, 0.25) is 0 Å². The first-order chi connectivity index (χ1) is 12.1. The van der Waals surface area contributed by atoms with E-state index in [2.05, 4.69) is 17.1 Å². The summed E-state index contributed by atoms with van der Waals surface area (Å²) < 4.78 is 0. The molecule has 2 heterocycles. The molecule has 1 unspecified atom stereocenters. The second-order valence-electron chi connectivity index (χ2n) is 7.49. The number of piperidine rings is 2. The second-order valence-corrected chi connectivity index (χ2v) is 7.49. The van der Waals surface area contributed by atoms with Gasteiger partial charge in [-0.05, 0) is 56.8 Å². The molecular formula is C20H29N3O2. The van der Waals surface area contributed by atoms with Crippen LogP contribution in [0.1, 0.15) is 32.6 Å². The van der Waals surface area contributed by atoms with Crippen LogP contribution in [0, 0.1) is 11.8 Å². The van der Waals surface area contributed by atoms with Crippen LogP contribution in [0.4, 0.5) is 5.69 Å². The summed E-state index contributed by atoms with van der Waals surface area (Å²) in [4.78, 5) is 29.1. The van der Waals surface area contributed by atoms with Crippen molar-refractivity contribution in [2.45, 2.75) is 32.6 Å². The van der Waals surface area contributed by atoms with Crippen molar-refractivity contribution in [3.8, 4) is 0 Å². The summed E-state index contributed by atoms with van der Waals surface area (Å²) in [5, 5.41) is 2.99. The normalized spacial score (nSPS) is 22.6. The lowest BCUT2D eigenvalue weighted by Crippen LogP contribution is -2.47. The molecule has 1 atom stereocenters. The van der Waals surface area contributed by atoms with Gasteiger partial charge in [-0.2, -0.15) is 0 Å². The molecule has 2 amide bonds. The van der Waals surface area contributed by atoms with Crippen LogP contribution in [0.15, 0.2) is 30.3 Å². The molecule has 25 heavy (non-hydrogen) atoms. The zero-order valence-electron chi connectivity index (χ0n) is 15.1. The van der Waals surface area contributed by atoms with Crippen LogP contribution in [0.5, 0.6) is 0 Å². The molecule has 136 valence electrons. The Kier molecular flexibility index (Phi) is 6.08. The Balaban J connectivity index is 1.42. The van der Waals surface area contributed by atoms with Gasteiger partial charge in [0.05, 0.1) is 6.54 Å². The largest absolute Gasteiger partial charge is 0.341 e. The van der Waals surface area contributed by atoms with Crippen molar-refractivity contribution in [1.29, 1.82) is 0 Å². The van der Waals surface area contributed by atoms with Crippen LogP contribution in [0.25, 0.3) is 0 Å². The lowest BCUT2D eigenvalue weighted by molar-refractivity contribution is -0.134. The van der Waals surface area contributed by atoms with Crippen molar-refractivity contribution >= 4 is 17.5 Å².